The summed E-state index contributed by atoms with van der Waals surface area (Å²) in [5, 5.41) is 12.3. The predicted molar refractivity (Wildman–Crippen MR) is 137 cm³/mol. The summed E-state index contributed by atoms with van der Waals surface area (Å²) in [5.41, 5.74) is 2.74. The maximum atomic E-state index is 12.9. The largest absolute Gasteiger partial charge is 0.494 e. The van der Waals surface area contributed by atoms with Gasteiger partial charge in [0.25, 0.3) is 0 Å². The molecule has 0 saturated carbocycles. The Hall–Kier alpha value is -3.79. The highest BCUT2D eigenvalue weighted by Gasteiger charge is 2.37. The van der Waals surface area contributed by atoms with Crippen LogP contribution in [0, 0.1) is 12.8 Å². The SMILES string of the molecule is CCOc1ccc(N2CC(C(=O)Nc3nnc(C4CC(=O)N(c5ccc(C)cc5)C4)s3)CC2=O)cc1. The molecule has 3 amide bonds. The number of carbonyl (C=O) groups excluding carboxylic acids is 3. The number of ether oxygens (including phenoxy) is 1. The Balaban J connectivity index is 1.19. The first kappa shape index (κ1) is 23.9. The van der Waals surface area contributed by atoms with Crippen molar-refractivity contribution in [2.75, 3.05) is 34.8 Å². The fourth-order valence-electron chi connectivity index (χ4n) is 4.53. The van der Waals surface area contributed by atoms with Gasteiger partial charge in [-0.2, -0.15) is 0 Å². The molecule has 2 aromatic carbocycles. The maximum Gasteiger partial charge on any atom is 0.231 e. The number of carbonyl (C=O) groups is 3. The molecule has 36 heavy (non-hydrogen) atoms. The van der Waals surface area contributed by atoms with Crippen molar-refractivity contribution >= 4 is 45.6 Å². The average molecular weight is 506 g/mol. The number of hydrogen-bond donors (Lipinski definition) is 1. The Morgan fingerprint density at radius 1 is 0.972 bits per heavy atom. The van der Waals surface area contributed by atoms with Crippen molar-refractivity contribution in [2.45, 2.75) is 32.6 Å². The van der Waals surface area contributed by atoms with Gasteiger partial charge in [0.05, 0.1) is 12.5 Å². The molecule has 10 heteroatoms. The van der Waals surface area contributed by atoms with Crippen molar-refractivity contribution in [2.24, 2.45) is 5.92 Å². The molecule has 1 N–H and O–H groups in total. The Labute approximate surface area is 213 Å². The highest BCUT2D eigenvalue weighted by Crippen LogP contribution is 2.35. The van der Waals surface area contributed by atoms with Crippen LogP contribution in [-0.4, -0.2) is 47.6 Å². The maximum absolute atomic E-state index is 12.9. The highest BCUT2D eigenvalue weighted by molar-refractivity contribution is 7.15. The molecule has 2 unspecified atom stereocenters. The molecule has 2 atom stereocenters. The Bertz CT molecular complexity index is 1270. The molecular weight excluding hydrogens is 478 g/mol. The summed E-state index contributed by atoms with van der Waals surface area (Å²) >= 11 is 1.28. The van der Waals surface area contributed by atoms with E-state index in [9.17, 15) is 14.4 Å². The zero-order valence-electron chi connectivity index (χ0n) is 20.1. The van der Waals surface area contributed by atoms with Crippen LogP contribution < -0.4 is 19.9 Å². The third-order valence-electron chi connectivity index (χ3n) is 6.45. The van der Waals surface area contributed by atoms with Gasteiger partial charge < -0.3 is 19.9 Å². The van der Waals surface area contributed by atoms with Crippen LogP contribution in [0.15, 0.2) is 48.5 Å². The van der Waals surface area contributed by atoms with Gasteiger partial charge in [-0.15, -0.1) is 10.2 Å². The van der Waals surface area contributed by atoms with Gasteiger partial charge >= 0.3 is 0 Å². The summed E-state index contributed by atoms with van der Waals surface area (Å²) in [4.78, 5) is 41.5. The lowest BCUT2D eigenvalue weighted by Gasteiger charge is -2.17. The minimum absolute atomic E-state index is 0.0449. The molecule has 2 fully saturated rings. The second-order valence-electron chi connectivity index (χ2n) is 9.01. The van der Waals surface area contributed by atoms with Gasteiger partial charge in [0.1, 0.15) is 10.8 Å². The van der Waals surface area contributed by atoms with Crippen molar-refractivity contribution in [1.82, 2.24) is 10.2 Å². The molecule has 0 radical (unpaired) electrons. The van der Waals surface area contributed by atoms with Gasteiger partial charge in [-0.1, -0.05) is 29.0 Å². The zero-order valence-corrected chi connectivity index (χ0v) is 21.0. The first-order valence-electron chi connectivity index (χ1n) is 12.0. The quantitative estimate of drug-likeness (QED) is 0.524. The van der Waals surface area contributed by atoms with Gasteiger partial charge in [0, 0.05) is 43.2 Å². The van der Waals surface area contributed by atoms with Crippen molar-refractivity contribution < 1.29 is 19.1 Å². The lowest BCUT2D eigenvalue weighted by atomic mass is 10.1. The van der Waals surface area contributed by atoms with Crippen molar-refractivity contribution in [1.29, 1.82) is 0 Å². The normalized spacial score (nSPS) is 19.7. The second kappa shape index (κ2) is 10.1. The van der Waals surface area contributed by atoms with Gasteiger partial charge in [0.2, 0.25) is 22.9 Å². The van der Waals surface area contributed by atoms with E-state index in [1.54, 1.807) is 9.80 Å². The molecular formula is C26H27N5O4S. The van der Waals surface area contributed by atoms with Crippen molar-refractivity contribution in [3.05, 3.63) is 59.1 Å². The van der Waals surface area contributed by atoms with Crippen LogP contribution in [0.2, 0.25) is 0 Å². The number of amides is 3. The number of hydrogen-bond acceptors (Lipinski definition) is 7. The van der Waals surface area contributed by atoms with Gasteiger partial charge in [-0.05, 0) is 50.2 Å². The zero-order chi connectivity index (χ0) is 25.2. The smallest absolute Gasteiger partial charge is 0.231 e. The summed E-state index contributed by atoms with van der Waals surface area (Å²) < 4.78 is 5.45. The summed E-state index contributed by atoms with van der Waals surface area (Å²) in [7, 11) is 0. The lowest BCUT2D eigenvalue weighted by molar-refractivity contribution is -0.122. The van der Waals surface area contributed by atoms with E-state index in [1.165, 1.54) is 11.3 Å². The second-order valence-corrected chi connectivity index (χ2v) is 10.0. The molecule has 2 saturated heterocycles. The molecule has 9 nitrogen and oxygen atoms in total. The standard InChI is InChI=1S/C26H27N5O4S/c1-3-35-21-10-8-20(9-11-21)30-14-17(12-22(30)32)24(34)27-26-29-28-25(36-26)18-13-23(33)31(15-18)19-6-4-16(2)5-7-19/h4-11,17-18H,3,12-15H2,1-2H3,(H,27,29,34). The first-order chi connectivity index (χ1) is 17.4. The van der Waals surface area contributed by atoms with E-state index in [0.29, 0.717) is 36.3 Å². The van der Waals surface area contributed by atoms with E-state index in [2.05, 4.69) is 15.5 Å². The summed E-state index contributed by atoms with van der Waals surface area (Å²) in [5.74, 6) is -0.142. The Kier molecular flexibility index (Phi) is 6.69. The summed E-state index contributed by atoms with van der Waals surface area (Å²) in [6.45, 7) is 5.31. The average Bonchev–Trinajstić information content (AvgIpc) is 3.59. The molecule has 0 aliphatic carbocycles. The molecule has 3 heterocycles. The number of anilines is 3. The number of benzene rings is 2. The lowest BCUT2D eigenvalue weighted by Crippen LogP contribution is -2.28. The topological polar surface area (TPSA) is 105 Å². The minimum atomic E-state index is -0.485. The van der Waals surface area contributed by atoms with Gasteiger partial charge in [-0.25, -0.2) is 0 Å². The molecule has 2 aliphatic rings. The summed E-state index contributed by atoms with van der Waals surface area (Å²) in [6.07, 6.45) is 0.484. The van der Waals surface area contributed by atoms with Crippen LogP contribution in [0.5, 0.6) is 5.75 Å². The highest BCUT2D eigenvalue weighted by atomic mass is 32.1. The molecule has 2 aliphatic heterocycles. The number of nitrogens with one attached hydrogen (secondary N) is 1. The third-order valence-corrected chi connectivity index (χ3v) is 7.45. The van der Waals surface area contributed by atoms with E-state index < -0.39 is 5.92 Å². The van der Waals surface area contributed by atoms with Crippen LogP contribution in [0.1, 0.15) is 36.3 Å². The molecule has 1 aromatic heterocycles. The first-order valence-corrected chi connectivity index (χ1v) is 12.8. The molecule has 0 bridgehead atoms. The predicted octanol–water partition coefficient (Wildman–Crippen LogP) is 3.76. The summed E-state index contributed by atoms with van der Waals surface area (Å²) in [6, 6.07) is 15.1. The number of aryl methyl sites for hydroxylation is 1. The fourth-order valence-corrected chi connectivity index (χ4v) is 5.36. The molecule has 186 valence electrons. The van der Waals surface area contributed by atoms with Crippen LogP contribution in [-0.2, 0) is 14.4 Å². The van der Waals surface area contributed by atoms with Crippen LogP contribution in [0.3, 0.4) is 0 Å². The Morgan fingerprint density at radius 3 is 2.31 bits per heavy atom. The van der Waals surface area contributed by atoms with E-state index >= 15 is 0 Å². The van der Waals surface area contributed by atoms with Crippen LogP contribution >= 0.6 is 11.3 Å². The monoisotopic (exact) mass is 505 g/mol. The van der Waals surface area contributed by atoms with Crippen molar-refractivity contribution in [3.8, 4) is 5.75 Å². The minimum Gasteiger partial charge on any atom is -0.494 e. The van der Waals surface area contributed by atoms with Gasteiger partial charge in [0.15, 0.2) is 0 Å². The molecule has 0 spiro atoms. The number of nitrogens with zero attached hydrogens (tertiary/aromatic N) is 4. The molecule has 3 aromatic rings. The van der Waals surface area contributed by atoms with E-state index in [-0.39, 0.29) is 30.1 Å². The van der Waals surface area contributed by atoms with Crippen LogP contribution in [0.4, 0.5) is 16.5 Å². The number of rotatable bonds is 7. The third kappa shape index (κ3) is 4.94. The molecule has 5 rings (SSSR count). The van der Waals surface area contributed by atoms with Crippen molar-refractivity contribution in [3.63, 3.8) is 0 Å². The van der Waals surface area contributed by atoms with Crippen LogP contribution in [0.25, 0.3) is 0 Å². The van der Waals surface area contributed by atoms with E-state index in [4.69, 9.17) is 4.74 Å². The van der Waals surface area contributed by atoms with Gasteiger partial charge in [-0.3, -0.25) is 14.4 Å². The fraction of sp³-hybridized carbons (Fsp3) is 0.346. The van der Waals surface area contributed by atoms with E-state index in [1.807, 2.05) is 62.4 Å². The van der Waals surface area contributed by atoms with E-state index in [0.717, 1.165) is 22.7 Å². The number of aromatic nitrogens is 2. The Morgan fingerprint density at radius 2 is 1.61 bits per heavy atom.